The second kappa shape index (κ2) is 6.12. The van der Waals surface area contributed by atoms with Crippen LogP contribution >= 0.6 is 31.9 Å². The highest BCUT2D eigenvalue weighted by Crippen LogP contribution is 2.34. The molecule has 0 radical (unpaired) electrons. The molecule has 106 valence electrons. The van der Waals surface area contributed by atoms with Crippen LogP contribution in [0, 0.1) is 5.82 Å². The summed E-state index contributed by atoms with van der Waals surface area (Å²) in [7, 11) is 0. The zero-order valence-corrected chi connectivity index (χ0v) is 14.1. The maximum Gasteiger partial charge on any atom is 0.142 e. The lowest BCUT2D eigenvalue weighted by molar-refractivity contribution is 0.607. The van der Waals surface area contributed by atoms with Crippen molar-refractivity contribution in [1.29, 1.82) is 0 Å². The van der Waals surface area contributed by atoms with E-state index in [1.807, 2.05) is 42.6 Å². The highest BCUT2D eigenvalue weighted by molar-refractivity contribution is 9.10. The summed E-state index contributed by atoms with van der Waals surface area (Å²) >= 11 is 6.76. The van der Waals surface area contributed by atoms with E-state index in [2.05, 4.69) is 37.0 Å². The highest BCUT2D eigenvalue weighted by atomic mass is 79.9. The molecular formula is C16H11Br2FN2. The first kappa shape index (κ1) is 14.5. The molecule has 1 unspecified atom stereocenters. The molecule has 0 fully saturated rings. The lowest BCUT2D eigenvalue weighted by Gasteiger charge is -2.10. The van der Waals surface area contributed by atoms with Crippen molar-refractivity contribution < 1.29 is 4.39 Å². The molecule has 0 amide bonds. The molecule has 0 aliphatic carbocycles. The van der Waals surface area contributed by atoms with E-state index in [1.165, 1.54) is 0 Å². The standard InChI is InChI=1S/C16H11Br2FN2/c17-14-8-4-7-13(16(14)19)15(18)11-9-20-21(10-11)12-5-2-1-3-6-12/h1-10,15H. The Hall–Kier alpha value is -1.46. The minimum absolute atomic E-state index is 0.243. The van der Waals surface area contributed by atoms with E-state index in [4.69, 9.17) is 0 Å². The van der Waals surface area contributed by atoms with Gasteiger partial charge in [-0.15, -0.1) is 0 Å². The predicted octanol–water partition coefficient (Wildman–Crippen LogP) is 5.26. The molecule has 3 aromatic rings. The van der Waals surface area contributed by atoms with Crippen molar-refractivity contribution in [2.75, 3.05) is 0 Å². The highest BCUT2D eigenvalue weighted by Gasteiger charge is 2.18. The van der Waals surface area contributed by atoms with Crippen LogP contribution in [0.4, 0.5) is 4.39 Å². The van der Waals surface area contributed by atoms with Crippen molar-refractivity contribution >= 4 is 31.9 Å². The maximum absolute atomic E-state index is 14.2. The van der Waals surface area contributed by atoms with Crippen molar-refractivity contribution in [3.8, 4) is 5.69 Å². The third kappa shape index (κ3) is 2.94. The number of benzene rings is 2. The summed E-state index contributed by atoms with van der Waals surface area (Å²) < 4.78 is 16.4. The van der Waals surface area contributed by atoms with E-state index in [0.29, 0.717) is 10.0 Å². The fraction of sp³-hybridized carbons (Fsp3) is 0.0625. The maximum atomic E-state index is 14.2. The number of para-hydroxylation sites is 1. The first-order valence-electron chi connectivity index (χ1n) is 6.35. The van der Waals surface area contributed by atoms with Crippen molar-refractivity contribution in [2.45, 2.75) is 4.83 Å². The molecule has 0 aliphatic rings. The Labute approximate surface area is 138 Å². The number of hydrogen-bond donors (Lipinski definition) is 0. The normalized spacial score (nSPS) is 12.3. The summed E-state index contributed by atoms with van der Waals surface area (Å²) in [5.74, 6) is -0.258. The fourth-order valence-electron chi connectivity index (χ4n) is 2.09. The molecular weight excluding hydrogens is 399 g/mol. The van der Waals surface area contributed by atoms with Gasteiger partial charge in [0.25, 0.3) is 0 Å². The van der Waals surface area contributed by atoms with Gasteiger partial charge in [0.2, 0.25) is 0 Å². The van der Waals surface area contributed by atoms with E-state index < -0.39 is 0 Å². The number of alkyl halides is 1. The molecule has 0 bridgehead atoms. The van der Waals surface area contributed by atoms with Gasteiger partial charge in [-0.25, -0.2) is 9.07 Å². The second-order valence-electron chi connectivity index (χ2n) is 4.56. The first-order valence-corrected chi connectivity index (χ1v) is 8.05. The summed E-state index contributed by atoms with van der Waals surface area (Å²) in [5, 5.41) is 4.34. The Morgan fingerprint density at radius 3 is 2.57 bits per heavy atom. The number of aromatic nitrogens is 2. The number of hydrogen-bond acceptors (Lipinski definition) is 1. The van der Waals surface area contributed by atoms with Crippen LogP contribution < -0.4 is 0 Å². The number of rotatable bonds is 3. The average Bonchev–Trinajstić information content (AvgIpc) is 3.00. The molecule has 2 nitrogen and oxygen atoms in total. The molecule has 0 spiro atoms. The zero-order valence-electron chi connectivity index (χ0n) is 10.9. The Balaban J connectivity index is 1.95. The lowest BCUT2D eigenvalue weighted by atomic mass is 10.1. The largest absolute Gasteiger partial charge is 0.241 e. The summed E-state index contributed by atoms with van der Waals surface area (Å²) in [6, 6.07) is 15.1. The monoisotopic (exact) mass is 408 g/mol. The third-order valence-electron chi connectivity index (χ3n) is 3.17. The zero-order chi connectivity index (χ0) is 14.8. The van der Waals surface area contributed by atoms with Crippen LogP contribution in [0.15, 0.2) is 65.4 Å². The molecule has 1 heterocycles. The van der Waals surface area contributed by atoms with E-state index in [0.717, 1.165) is 11.3 Å². The summed E-state index contributed by atoms with van der Waals surface area (Å²) in [4.78, 5) is -0.243. The number of halogens is 3. The minimum atomic E-state index is -0.258. The minimum Gasteiger partial charge on any atom is -0.241 e. The van der Waals surface area contributed by atoms with Crippen LogP contribution in [0.1, 0.15) is 16.0 Å². The Bertz CT molecular complexity index is 756. The molecule has 0 N–H and O–H groups in total. The van der Waals surface area contributed by atoms with Crippen molar-refractivity contribution in [3.05, 3.63) is 82.3 Å². The second-order valence-corrected chi connectivity index (χ2v) is 6.33. The molecule has 1 aromatic heterocycles. The van der Waals surface area contributed by atoms with E-state index >= 15 is 0 Å². The molecule has 2 aromatic carbocycles. The Morgan fingerprint density at radius 1 is 1.05 bits per heavy atom. The van der Waals surface area contributed by atoms with Gasteiger partial charge in [-0.1, -0.05) is 46.3 Å². The van der Waals surface area contributed by atoms with Gasteiger partial charge in [-0.3, -0.25) is 0 Å². The Kier molecular flexibility index (Phi) is 4.22. The van der Waals surface area contributed by atoms with Gasteiger partial charge < -0.3 is 0 Å². The van der Waals surface area contributed by atoms with Gasteiger partial charge in [-0.05, 0) is 34.1 Å². The molecule has 3 rings (SSSR count). The van der Waals surface area contributed by atoms with Crippen molar-refractivity contribution in [3.63, 3.8) is 0 Å². The van der Waals surface area contributed by atoms with Gasteiger partial charge in [0, 0.05) is 17.3 Å². The van der Waals surface area contributed by atoms with Crippen LogP contribution in [-0.2, 0) is 0 Å². The van der Waals surface area contributed by atoms with Crippen LogP contribution in [0.2, 0.25) is 0 Å². The number of nitrogens with zero attached hydrogens (tertiary/aromatic N) is 2. The summed E-state index contributed by atoms with van der Waals surface area (Å²) in [6.45, 7) is 0. The summed E-state index contributed by atoms with van der Waals surface area (Å²) in [5.41, 5.74) is 2.45. The van der Waals surface area contributed by atoms with E-state index in [9.17, 15) is 4.39 Å². The fourth-order valence-corrected chi connectivity index (χ4v) is 3.06. The van der Waals surface area contributed by atoms with Gasteiger partial charge in [0.05, 0.1) is 21.2 Å². The SMILES string of the molecule is Fc1c(Br)cccc1C(Br)c1cnn(-c2ccccc2)c1. The first-order chi connectivity index (χ1) is 10.2. The quantitative estimate of drug-likeness (QED) is 0.539. The van der Waals surface area contributed by atoms with E-state index in [-0.39, 0.29) is 10.6 Å². The van der Waals surface area contributed by atoms with Gasteiger partial charge in [-0.2, -0.15) is 5.10 Å². The van der Waals surface area contributed by atoms with Gasteiger partial charge in [0.15, 0.2) is 0 Å². The predicted molar refractivity (Wildman–Crippen MR) is 88.4 cm³/mol. The summed E-state index contributed by atoms with van der Waals surface area (Å²) in [6.07, 6.45) is 3.64. The van der Waals surface area contributed by atoms with E-state index in [1.54, 1.807) is 23.0 Å². The molecule has 0 aliphatic heterocycles. The topological polar surface area (TPSA) is 17.8 Å². The lowest BCUT2D eigenvalue weighted by Crippen LogP contribution is -1.97. The van der Waals surface area contributed by atoms with Crippen LogP contribution in [0.5, 0.6) is 0 Å². The third-order valence-corrected chi connectivity index (χ3v) is 4.80. The smallest absolute Gasteiger partial charge is 0.142 e. The molecule has 0 saturated heterocycles. The van der Waals surface area contributed by atoms with Gasteiger partial charge in [0.1, 0.15) is 5.82 Å². The van der Waals surface area contributed by atoms with Crippen LogP contribution in [0.3, 0.4) is 0 Å². The van der Waals surface area contributed by atoms with Crippen molar-refractivity contribution in [2.24, 2.45) is 0 Å². The van der Waals surface area contributed by atoms with Crippen LogP contribution in [0.25, 0.3) is 5.69 Å². The Morgan fingerprint density at radius 2 is 1.81 bits per heavy atom. The molecule has 0 saturated carbocycles. The average molecular weight is 410 g/mol. The molecule has 1 atom stereocenters. The van der Waals surface area contributed by atoms with Gasteiger partial charge >= 0.3 is 0 Å². The molecule has 21 heavy (non-hydrogen) atoms. The van der Waals surface area contributed by atoms with Crippen molar-refractivity contribution in [1.82, 2.24) is 9.78 Å². The molecule has 5 heteroatoms. The van der Waals surface area contributed by atoms with Crippen LogP contribution in [-0.4, -0.2) is 9.78 Å².